The molecule has 0 saturated carbocycles. The zero-order valence-corrected chi connectivity index (χ0v) is 18.0. The molecule has 0 unspecified atom stereocenters. The number of hydrogen-bond donors (Lipinski definition) is 1. The SMILES string of the molecule is CC[C@@H]1Oc2ccc(NC(=O)C(C)C)cc2CN([C@H]2CCCc3ccccc32)C1=O. The Hall–Kier alpha value is -2.82. The van der Waals surface area contributed by atoms with Crippen molar-refractivity contribution >= 4 is 17.5 Å². The first-order valence-electron chi connectivity index (χ1n) is 11.0. The number of ether oxygens (including phenoxy) is 1. The highest BCUT2D eigenvalue weighted by atomic mass is 16.5. The van der Waals surface area contributed by atoms with Gasteiger partial charge in [-0.3, -0.25) is 9.59 Å². The Balaban J connectivity index is 1.70. The minimum absolute atomic E-state index is 0.0231. The molecule has 4 rings (SSSR count). The molecule has 0 radical (unpaired) electrons. The Morgan fingerprint density at radius 3 is 2.77 bits per heavy atom. The number of benzene rings is 2. The van der Waals surface area contributed by atoms with Gasteiger partial charge in [-0.25, -0.2) is 0 Å². The van der Waals surface area contributed by atoms with E-state index in [1.807, 2.05) is 43.9 Å². The molecule has 1 N–H and O–H groups in total. The predicted molar refractivity (Wildman–Crippen MR) is 117 cm³/mol. The minimum atomic E-state index is -0.489. The number of hydrogen-bond acceptors (Lipinski definition) is 3. The summed E-state index contributed by atoms with van der Waals surface area (Å²) in [5, 5.41) is 2.96. The third-order valence-electron chi connectivity index (χ3n) is 6.11. The Labute approximate surface area is 178 Å². The van der Waals surface area contributed by atoms with Gasteiger partial charge in [-0.2, -0.15) is 0 Å². The van der Waals surface area contributed by atoms with Crippen LogP contribution in [0.5, 0.6) is 5.75 Å². The maximum atomic E-state index is 13.4. The number of carbonyl (C=O) groups excluding carboxylic acids is 2. The van der Waals surface area contributed by atoms with E-state index < -0.39 is 6.10 Å². The number of nitrogens with one attached hydrogen (secondary N) is 1. The van der Waals surface area contributed by atoms with Crippen LogP contribution in [-0.4, -0.2) is 22.8 Å². The van der Waals surface area contributed by atoms with Crippen LogP contribution in [0.1, 0.15) is 62.8 Å². The first-order valence-corrected chi connectivity index (χ1v) is 11.0. The molecule has 1 aliphatic carbocycles. The summed E-state index contributed by atoms with van der Waals surface area (Å²) < 4.78 is 6.13. The molecule has 5 nitrogen and oxygen atoms in total. The van der Waals surface area contributed by atoms with E-state index in [2.05, 4.69) is 29.6 Å². The fourth-order valence-corrected chi connectivity index (χ4v) is 4.41. The Morgan fingerprint density at radius 2 is 2.00 bits per heavy atom. The highest BCUT2D eigenvalue weighted by Crippen LogP contribution is 2.39. The monoisotopic (exact) mass is 406 g/mol. The van der Waals surface area contributed by atoms with Gasteiger partial charge in [0.15, 0.2) is 6.10 Å². The van der Waals surface area contributed by atoms with Gasteiger partial charge in [0.25, 0.3) is 5.91 Å². The lowest BCUT2D eigenvalue weighted by Crippen LogP contribution is -2.42. The van der Waals surface area contributed by atoms with Gasteiger partial charge < -0.3 is 15.0 Å². The van der Waals surface area contributed by atoms with Crippen molar-refractivity contribution in [3.63, 3.8) is 0 Å². The summed E-state index contributed by atoms with van der Waals surface area (Å²) in [5.74, 6) is 0.652. The van der Waals surface area contributed by atoms with Crippen molar-refractivity contribution in [3.8, 4) is 5.75 Å². The fourth-order valence-electron chi connectivity index (χ4n) is 4.41. The minimum Gasteiger partial charge on any atom is -0.480 e. The van der Waals surface area contributed by atoms with Gasteiger partial charge in [0.1, 0.15) is 5.75 Å². The molecule has 30 heavy (non-hydrogen) atoms. The zero-order valence-electron chi connectivity index (χ0n) is 18.0. The molecule has 1 aliphatic heterocycles. The normalized spacial score (nSPS) is 20.8. The van der Waals surface area contributed by atoms with Crippen molar-refractivity contribution in [2.24, 2.45) is 5.92 Å². The Morgan fingerprint density at radius 1 is 1.20 bits per heavy atom. The molecule has 2 aliphatic rings. The van der Waals surface area contributed by atoms with Crippen molar-refractivity contribution in [2.45, 2.75) is 65.1 Å². The number of nitrogens with zero attached hydrogens (tertiary/aromatic N) is 1. The van der Waals surface area contributed by atoms with Crippen LogP contribution < -0.4 is 10.1 Å². The number of amides is 2. The van der Waals surface area contributed by atoms with Gasteiger partial charge in [0.05, 0.1) is 12.6 Å². The molecule has 2 aromatic rings. The summed E-state index contributed by atoms with van der Waals surface area (Å²) in [6.45, 7) is 6.20. The van der Waals surface area contributed by atoms with E-state index in [-0.39, 0.29) is 23.8 Å². The number of carbonyl (C=O) groups is 2. The molecule has 0 spiro atoms. The zero-order chi connectivity index (χ0) is 21.3. The van der Waals surface area contributed by atoms with E-state index >= 15 is 0 Å². The van der Waals surface area contributed by atoms with E-state index in [0.717, 1.165) is 36.3 Å². The molecule has 0 aromatic heterocycles. The number of fused-ring (bicyclic) bond motifs is 2. The second-order valence-electron chi connectivity index (χ2n) is 8.55. The van der Waals surface area contributed by atoms with Crippen molar-refractivity contribution in [1.29, 1.82) is 0 Å². The van der Waals surface area contributed by atoms with Crippen LogP contribution in [0.15, 0.2) is 42.5 Å². The van der Waals surface area contributed by atoms with Crippen molar-refractivity contribution < 1.29 is 14.3 Å². The standard InChI is InChI=1S/C25H30N2O3/c1-4-22-25(29)27(21-11-7-9-17-8-5-6-10-20(17)21)15-18-14-19(12-13-23(18)30-22)26-24(28)16(2)3/h5-6,8,10,12-14,16,21-22H,4,7,9,11,15H2,1-3H3,(H,26,28)/t21-,22-/m0/s1. The van der Waals surface area contributed by atoms with Gasteiger partial charge >= 0.3 is 0 Å². The highest BCUT2D eigenvalue weighted by Gasteiger charge is 2.36. The summed E-state index contributed by atoms with van der Waals surface area (Å²) in [4.78, 5) is 27.6. The largest absolute Gasteiger partial charge is 0.480 e. The first kappa shape index (κ1) is 20.5. The second-order valence-corrected chi connectivity index (χ2v) is 8.55. The van der Waals surface area contributed by atoms with Crippen molar-refractivity contribution in [3.05, 3.63) is 59.2 Å². The maximum absolute atomic E-state index is 13.4. The van der Waals surface area contributed by atoms with E-state index in [0.29, 0.717) is 13.0 Å². The number of aryl methyl sites for hydroxylation is 1. The molecule has 5 heteroatoms. The molecule has 2 atom stereocenters. The molecule has 158 valence electrons. The smallest absolute Gasteiger partial charge is 0.264 e. The first-order chi connectivity index (χ1) is 14.5. The lowest BCUT2D eigenvalue weighted by atomic mass is 9.86. The third-order valence-corrected chi connectivity index (χ3v) is 6.11. The molecule has 2 amide bonds. The van der Waals surface area contributed by atoms with Crippen LogP contribution in [0.4, 0.5) is 5.69 Å². The Bertz CT molecular complexity index is 953. The summed E-state index contributed by atoms with van der Waals surface area (Å²) in [5.41, 5.74) is 4.25. The van der Waals surface area contributed by atoms with Crippen LogP contribution in [0.3, 0.4) is 0 Å². The molecular weight excluding hydrogens is 376 g/mol. The van der Waals surface area contributed by atoms with Crippen LogP contribution in [0.25, 0.3) is 0 Å². The molecule has 2 aromatic carbocycles. The summed E-state index contributed by atoms with van der Waals surface area (Å²) >= 11 is 0. The van der Waals surface area contributed by atoms with Gasteiger partial charge in [-0.05, 0) is 55.0 Å². The fraction of sp³-hybridized carbons (Fsp3) is 0.440. The number of rotatable bonds is 4. The van der Waals surface area contributed by atoms with Crippen LogP contribution in [0, 0.1) is 5.92 Å². The van der Waals surface area contributed by atoms with Crippen LogP contribution >= 0.6 is 0 Å². The lowest BCUT2D eigenvalue weighted by molar-refractivity contribution is -0.141. The quantitative estimate of drug-likeness (QED) is 0.789. The summed E-state index contributed by atoms with van der Waals surface area (Å²) in [7, 11) is 0. The molecule has 0 fully saturated rings. The van der Waals surface area contributed by atoms with Crippen molar-refractivity contribution in [1.82, 2.24) is 4.90 Å². The molecule has 1 heterocycles. The number of anilines is 1. The van der Waals surface area contributed by atoms with Gasteiger partial charge in [-0.15, -0.1) is 0 Å². The highest BCUT2D eigenvalue weighted by molar-refractivity contribution is 5.92. The van der Waals surface area contributed by atoms with Crippen molar-refractivity contribution in [2.75, 3.05) is 5.32 Å². The maximum Gasteiger partial charge on any atom is 0.264 e. The van der Waals surface area contributed by atoms with Gasteiger partial charge in [-0.1, -0.05) is 45.0 Å². The predicted octanol–water partition coefficient (Wildman–Crippen LogP) is 4.86. The van der Waals surface area contributed by atoms with Crippen LogP contribution in [-0.2, 0) is 22.6 Å². The average Bonchev–Trinajstić information content (AvgIpc) is 2.89. The van der Waals surface area contributed by atoms with Gasteiger partial charge in [0.2, 0.25) is 5.91 Å². The molecule has 0 bridgehead atoms. The van der Waals surface area contributed by atoms with E-state index in [1.165, 1.54) is 11.1 Å². The van der Waals surface area contributed by atoms with E-state index in [4.69, 9.17) is 4.74 Å². The summed E-state index contributed by atoms with van der Waals surface area (Å²) in [6.07, 6.45) is 3.22. The lowest BCUT2D eigenvalue weighted by Gasteiger charge is -2.36. The van der Waals surface area contributed by atoms with Gasteiger partial charge in [0, 0.05) is 17.2 Å². The third kappa shape index (κ3) is 3.93. The summed E-state index contributed by atoms with van der Waals surface area (Å²) in [6, 6.07) is 14.2. The average molecular weight is 407 g/mol. The molecular formula is C25H30N2O3. The topological polar surface area (TPSA) is 58.6 Å². The second kappa shape index (κ2) is 8.50. The van der Waals surface area contributed by atoms with E-state index in [9.17, 15) is 9.59 Å². The van der Waals surface area contributed by atoms with Crippen LogP contribution in [0.2, 0.25) is 0 Å². The van der Waals surface area contributed by atoms with E-state index in [1.54, 1.807) is 0 Å². The Kier molecular flexibility index (Phi) is 5.80. The molecule has 0 saturated heterocycles.